The first-order valence-corrected chi connectivity index (χ1v) is 10.4. The molecule has 29 heavy (non-hydrogen) atoms. The lowest BCUT2D eigenvalue weighted by Gasteiger charge is -2.56. The van der Waals surface area contributed by atoms with E-state index < -0.39 is 0 Å². The van der Waals surface area contributed by atoms with Crippen LogP contribution in [-0.4, -0.2) is 18.0 Å². The highest BCUT2D eigenvalue weighted by molar-refractivity contribution is 6.30. The fourth-order valence-electron chi connectivity index (χ4n) is 5.33. The van der Waals surface area contributed by atoms with Gasteiger partial charge in [0.1, 0.15) is 0 Å². The smallest absolute Gasteiger partial charge is 0.0739 e. The summed E-state index contributed by atoms with van der Waals surface area (Å²) in [5.41, 5.74) is 11.9. The van der Waals surface area contributed by atoms with Crippen LogP contribution in [0.25, 0.3) is 0 Å². The third-order valence-electron chi connectivity index (χ3n) is 6.72. The van der Waals surface area contributed by atoms with E-state index in [1.54, 1.807) is 0 Å². The van der Waals surface area contributed by atoms with Crippen molar-refractivity contribution < 1.29 is 0 Å². The van der Waals surface area contributed by atoms with Crippen molar-refractivity contribution in [2.24, 2.45) is 5.73 Å². The molecule has 3 aromatic carbocycles. The van der Waals surface area contributed by atoms with Crippen LogP contribution in [-0.2, 0) is 17.5 Å². The lowest BCUT2D eigenvalue weighted by atomic mass is 9.64. The predicted octanol–water partition coefficient (Wildman–Crippen LogP) is 5.51. The van der Waals surface area contributed by atoms with Crippen LogP contribution in [0, 0.1) is 0 Å². The molecule has 2 atom stereocenters. The summed E-state index contributed by atoms with van der Waals surface area (Å²) in [6.45, 7) is 2.05. The lowest BCUT2D eigenvalue weighted by molar-refractivity contribution is 0.0241. The van der Waals surface area contributed by atoms with E-state index in [4.69, 9.17) is 17.3 Å². The minimum absolute atomic E-state index is 0. The number of hydrogen-bond acceptors (Lipinski definition) is 2. The number of rotatable bonds is 2. The van der Waals surface area contributed by atoms with Crippen LogP contribution in [0.2, 0.25) is 5.02 Å². The minimum atomic E-state index is -0.359. The van der Waals surface area contributed by atoms with Crippen molar-refractivity contribution >= 4 is 24.0 Å². The molecule has 150 valence electrons. The van der Waals surface area contributed by atoms with Crippen molar-refractivity contribution in [3.63, 3.8) is 0 Å². The second-order valence-electron chi connectivity index (χ2n) is 8.21. The maximum absolute atomic E-state index is 7.14. The maximum Gasteiger partial charge on any atom is 0.0739 e. The molecule has 2 heterocycles. The van der Waals surface area contributed by atoms with E-state index in [1.807, 2.05) is 12.1 Å². The zero-order valence-corrected chi connectivity index (χ0v) is 17.9. The molecule has 0 aliphatic carbocycles. The van der Waals surface area contributed by atoms with Crippen LogP contribution in [0.4, 0.5) is 0 Å². The second-order valence-corrected chi connectivity index (χ2v) is 8.65. The van der Waals surface area contributed by atoms with Gasteiger partial charge in [0.25, 0.3) is 0 Å². The molecule has 0 saturated carbocycles. The number of nitrogens with two attached hydrogens (primary N) is 1. The van der Waals surface area contributed by atoms with Crippen LogP contribution >= 0.6 is 24.0 Å². The molecule has 3 aromatic rings. The normalized spacial score (nSPS) is 26.1. The Bertz CT molecular complexity index is 989. The van der Waals surface area contributed by atoms with Crippen LogP contribution in [0.15, 0.2) is 78.9 Å². The summed E-state index contributed by atoms with van der Waals surface area (Å²) >= 11 is 6.24. The first kappa shape index (κ1) is 20.4. The van der Waals surface area contributed by atoms with Crippen molar-refractivity contribution in [3.05, 3.63) is 106 Å². The third-order valence-corrected chi connectivity index (χ3v) is 6.98. The zero-order valence-electron chi connectivity index (χ0n) is 16.4. The maximum atomic E-state index is 7.14. The number of nitrogens with zero attached hydrogens (tertiary/aromatic N) is 1. The van der Waals surface area contributed by atoms with E-state index in [9.17, 15) is 0 Å². The highest BCUT2D eigenvalue weighted by Crippen LogP contribution is 2.51. The van der Waals surface area contributed by atoms with Crippen molar-refractivity contribution in [3.8, 4) is 0 Å². The largest absolute Gasteiger partial charge is 0.321 e. The lowest BCUT2D eigenvalue weighted by Crippen LogP contribution is -2.61. The Morgan fingerprint density at radius 1 is 0.793 bits per heavy atom. The fourth-order valence-corrected chi connectivity index (χ4v) is 5.46. The molecular weight excluding hydrogens is 399 g/mol. The van der Waals surface area contributed by atoms with Crippen LogP contribution < -0.4 is 5.73 Å². The van der Waals surface area contributed by atoms with Gasteiger partial charge < -0.3 is 5.73 Å². The first-order valence-electron chi connectivity index (χ1n) is 10.1. The Kier molecular flexibility index (Phi) is 5.48. The molecule has 1 fully saturated rings. The predicted molar refractivity (Wildman–Crippen MR) is 123 cm³/mol. The Morgan fingerprint density at radius 2 is 1.48 bits per heavy atom. The number of halogens is 2. The van der Waals surface area contributed by atoms with Gasteiger partial charge >= 0.3 is 0 Å². The average molecular weight is 425 g/mol. The Hall–Kier alpha value is -1.84. The Labute approximate surface area is 184 Å². The van der Waals surface area contributed by atoms with E-state index in [0.717, 1.165) is 37.4 Å². The van der Waals surface area contributed by atoms with Crippen molar-refractivity contribution in [1.29, 1.82) is 0 Å². The molecule has 0 aromatic heterocycles. The number of hydrogen-bond donors (Lipinski definition) is 1. The molecule has 2 N–H and O–H groups in total. The molecule has 2 nitrogen and oxygen atoms in total. The van der Waals surface area contributed by atoms with Gasteiger partial charge in [0.15, 0.2) is 0 Å². The van der Waals surface area contributed by atoms with Crippen LogP contribution in [0.3, 0.4) is 0 Å². The van der Waals surface area contributed by atoms with Gasteiger partial charge in [-0.3, -0.25) is 4.90 Å². The Balaban J connectivity index is 0.00000205. The molecule has 0 amide bonds. The third kappa shape index (κ3) is 3.29. The number of benzene rings is 3. The van der Waals surface area contributed by atoms with Gasteiger partial charge in [-0.15, -0.1) is 12.4 Å². The fraction of sp³-hybridized carbons (Fsp3) is 0.280. The van der Waals surface area contributed by atoms with E-state index in [0.29, 0.717) is 0 Å². The quantitative estimate of drug-likeness (QED) is 0.587. The summed E-state index contributed by atoms with van der Waals surface area (Å²) in [5, 5.41) is 0.772. The summed E-state index contributed by atoms with van der Waals surface area (Å²) in [5.74, 6) is 0. The number of fused-ring (bicyclic) bond motifs is 3. The SMILES string of the molecule is Cl.NC1(c2ccccc2)CCN2CCc3ccccc3C2(c2ccc(Cl)cc2)C1. The van der Waals surface area contributed by atoms with Gasteiger partial charge in [0.2, 0.25) is 0 Å². The second kappa shape index (κ2) is 7.77. The van der Waals surface area contributed by atoms with E-state index in [-0.39, 0.29) is 23.5 Å². The van der Waals surface area contributed by atoms with Gasteiger partial charge in [-0.1, -0.05) is 78.3 Å². The monoisotopic (exact) mass is 424 g/mol. The summed E-state index contributed by atoms with van der Waals surface area (Å²) in [6, 6.07) is 27.9. The van der Waals surface area contributed by atoms with E-state index >= 15 is 0 Å². The molecule has 1 saturated heterocycles. The Morgan fingerprint density at radius 3 is 2.24 bits per heavy atom. The molecular formula is C25H26Cl2N2. The summed E-state index contributed by atoms with van der Waals surface area (Å²) < 4.78 is 0. The number of piperidine rings is 1. The standard InChI is InChI=1S/C25H25ClN2.ClH/c26-22-12-10-21(11-13-22)25-18-24(27,20-7-2-1-3-8-20)15-17-28(25)16-14-19-6-4-5-9-23(19)25;/h1-13H,14-18,27H2;1H. The van der Waals surface area contributed by atoms with Gasteiger partial charge in [0.05, 0.1) is 5.54 Å². The summed E-state index contributed by atoms with van der Waals surface area (Å²) in [4.78, 5) is 2.65. The van der Waals surface area contributed by atoms with Gasteiger partial charge in [-0.25, -0.2) is 0 Å². The summed E-state index contributed by atoms with van der Waals surface area (Å²) in [6.07, 6.45) is 2.92. The van der Waals surface area contributed by atoms with E-state index in [2.05, 4.69) is 71.6 Å². The molecule has 0 radical (unpaired) electrons. The van der Waals surface area contributed by atoms with Crippen LogP contribution in [0.1, 0.15) is 35.1 Å². The average Bonchev–Trinajstić information content (AvgIpc) is 2.74. The molecule has 0 bridgehead atoms. The van der Waals surface area contributed by atoms with Crippen molar-refractivity contribution in [2.75, 3.05) is 13.1 Å². The molecule has 5 rings (SSSR count). The van der Waals surface area contributed by atoms with Crippen molar-refractivity contribution in [2.45, 2.75) is 30.3 Å². The minimum Gasteiger partial charge on any atom is -0.321 e. The topological polar surface area (TPSA) is 29.3 Å². The summed E-state index contributed by atoms with van der Waals surface area (Å²) in [7, 11) is 0. The van der Waals surface area contributed by atoms with Gasteiger partial charge in [-0.05, 0) is 53.6 Å². The van der Waals surface area contributed by atoms with Crippen molar-refractivity contribution in [1.82, 2.24) is 4.90 Å². The molecule has 2 unspecified atom stereocenters. The van der Waals surface area contributed by atoms with Gasteiger partial charge in [0, 0.05) is 23.7 Å². The van der Waals surface area contributed by atoms with E-state index in [1.165, 1.54) is 22.3 Å². The molecule has 2 aliphatic heterocycles. The zero-order chi connectivity index (χ0) is 19.2. The van der Waals surface area contributed by atoms with Crippen LogP contribution in [0.5, 0.6) is 0 Å². The highest BCUT2D eigenvalue weighted by atomic mass is 35.5. The highest BCUT2D eigenvalue weighted by Gasteiger charge is 2.52. The molecule has 4 heteroatoms. The molecule has 2 aliphatic rings. The first-order chi connectivity index (χ1) is 13.6. The molecule has 0 spiro atoms. The van der Waals surface area contributed by atoms with Gasteiger partial charge in [-0.2, -0.15) is 0 Å².